The highest BCUT2D eigenvalue weighted by atomic mass is 19.4. The van der Waals surface area contributed by atoms with Crippen LogP contribution in [0.3, 0.4) is 0 Å². The second-order valence-electron chi connectivity index (χ2n) is 4.83. The van der Waals surface area contributed by atoms with Gasteiger partial charge in [0.05, 0.1) is 0 Å². The van der Waals surface area contributed by atoms with Crippen LogP contribution in [0.2, 0.25) is 0 Å². The summed E-state index contributed by atoms with van der Waals surface area (Å²) < 4.78 is 202. The number of rotatable bonds is 8. The summed E-state index contributed by atoms with van der Waals surface area (Å²) in [6, 6.07) is 0. The van der Waals surface area contributed by atoms with Gasteiger partial charge in [-0.2, -0.15) is 26.3 Å². The Morgan fingerprint density at radius 3 is 0.815 bits per heavy atom. The Labute approximate surface area is 138 Å². The van der Waals surface area contributed by atoms with Crippen LogP contribution in [0.1, 0.15) is 0 Å². The fourth-order valence-electron chi connectivity index (χ4n) is 1.46. The largest absolute Gasteiger partial charge is 0.423 e. The van der Waals surface area contributed by atoms with E-state index in [-0.39, 0.29) is 0 Å². The molecule has 0 aromatic rings. The van der Waals surface area contributed by atoms with Crippen molar-refractivity contribution in [3.8, 4) is 0 Å². The summed E-state index contributed by atoms with van der Waals surface area (Å²) in [6.45, 7) is 0. The molecule has 1 nitrogen and oxygen atoms in total. The first-order chi connectivity index (χ1) is 11.7. The van der Waals surface area contributed by atoms with E-state index in [0.717, 1.165) is 0 Å². The molecule has 0 amide bonds. The highest BCUT2D eigenvalue weighted by Crippen LogP contribution is 2.45. The predicted molar refractivity (Wildman–Crippen MR) is 52.5 cm³/mol. The SMILES string of the molecule is FC(F)C(F)(C(F)OC(F)C(F)(C(F)F)C(F)C(F)(F)F)C(F)C(F)(F)F. The molecule has 0 spiro atoms. The third kappa shape index (κ3) is 5.01. The third-order valence-corrected chi connectivity index (χ3v) is 2.96. The van der Waals surface area contributed by atoms with Crippen LogP contribution in [0.4, 0.5) is 70.2 Å². The van der Waals surface area contributed by atoms with Gasteiger partial charge in [-0.05, 0) is 0 Å². The lowest BCUT2D eigenvalue weighted by Gasteiger charge is -2.36. The first-order valence-corrected chi connectivity index (χ1v) is 6.04. The third-order valence-electron chi connectivity index (χ3n) is 2.96. The Hall–Kier alpha value is -1.16. The summed E-state index contributed by atoms with van der Waals surface area (Å²) in [7, 11) is 0. The van der Waals surface area contributed by atoms with E-state index < -0.39 is 61.6 Å². The number of alkyl halides is 16. The zero-order valence-electron chi connectivity index (χ0n) is 11.9. The van der Waals surface area contributed by atoms with E-state index in [1.807, 2.05) is 0 Å². The first kappa shape index (κ1) is 25.8. The monoisotopic (exact) mass is 446 g/mol. The molecule has 0 rings (SSSR count). The van der Waals surface area contributed by atoms with Crippen molar-refractivity contribution in [1.29, 1.82) is 0 Å². The summed E-state index contributed by atoms with van der Waals surface area (Å²) in [5.74, 6) is 0. The molecule has 0 radical (unpaired) electrons. The van der Waals surface area contributed by atoms with Crippen LogP contribution in [0.15, 0.2) is 0 Å². The van der Waals surface area contributed by atoms with Gasteiger partial charge in [0.1, 0.15) is 0 Å². The molecule has 27 heavy (non-hydrogen) atoms. The van der Waals surface area contributed by atoms with E-state index in [0.29, 0.717) is 0 Å². The van der Waals surface area contributed by atoms with Gasteiger partial charge in [0.25, 0.3) is 24.2 Å². The molecule has 0 bridgehead atoms. The van der Waals surface area contributed by atoms with E-state index in [4.69, 9.17) is 0 Å². The van der Waals surface area contributed by atoms with Crippen molar-refractivity contribution in [3.63, 3.8) is 0 Å². The van der Waals surface area contributed by atoms with Crippen LogP contribution in [0.5, 0.6) is 0 Å². The van der Waals surface area contributed by atoms with Crippen LogP contribution in [0, 0.1) is 0 Å². The average Bonchev–Trinajstić information content (AvgIpc) is 2.48. The van der Waals surface area contributed by atoms with Gasteiger partial charge >= 0.3 is 12.4 Å². The van der Waals surface area contributed by atoms with E-state index in [1.54, 1.807) is 0 Å². The second kappa shape index (κ2) is 8.06. The molecule has 0 aliphatic heterocycles. The highest BCUT2D eigenvalue weighted by molar-refractivity contribution is 5.00. The van der Waals surface area contributed by atoms with E-state index in [2.05, 4.69) is 4.74 Å². The molecule has 17 heteroatoms. The topological polar surface area (TPSA) is 9.23 Å². The van der Waals surface area contributed by atoms with Crippen molar-refractivity contribution in [2.45, 2.75) is 61.6 Å². The molecule has 0 N–H and O–H groups in total. The van der Waals surface area contributed by atoms with Crippen molar-refractivity contribution in [3.05, 3.63) is 0 Å². The van der Waals surface area contributed by atoms with Gasteiger partial charge < -0.3 is 4.74 Å². The van der Waals surface area contributed by atoms with Gasteiger partial charge in [0.2, 0.25) is 25.1 Å². The maximum Gasteiger partial charge on any atom is 0.423 e. The molecule has 0 fully saturated rings. The van der Waals surface area contributed by atoms with Gasteiger partial charge in [-0.15, -0.1) is 0 Å². The Balaban J connectivity index is 5.88. The molecule has 164 valence electrons. The van der Waals surface area contributed by atoms with E-state index in [1.165, 1.54) is 0 Å². The first-order valence-electron chi connectivity index (χ1n) is 6.04. The van der Waals surface area contributed by atoms with Crippen molar-refractivity contribution in [2.24, 2.45) is 0 Å². The van der Waals surface area contributed by atoms with Crippen LogP contribution >= 0.6 is 0 Å². The minimum Gasteiger partial charge on any atom is -0.307 e. The van der Waals surface area contributed by atoms with Crippen molar-refractivity contribution < 1.29 is 75.0 Å². The van der Waals surface area contributed by atoms with Crippen LogP contribution < -0.4 is 0 Å². The standard InChI is InChI=1S/C10H6F16O/c11-1(9(21,22)23)7(19,3(13)14)5(17)27-6(18)8(20,4(15)16)2(12)10(24,25)26/h1-6H. The quantitative estimate of drug-likeness (QED) is 0.458. The molecule has 0 heterocycles. The Morgan fingerprint density at radius 2 is 0.667 bits per heavy atom. The Morgan fingerprint density at radius 1 is 0.444 bits per heavy atom. The molecule has 0 aliphatic rings. The lowest BCUT2D eigenvalue weighted by Crippen LogP contribution is -2.61. The molecule has 0 saturated carbocycles. The maximum absolute atomic E-state index is 13.4. The van der Waals surface area contributed by atoms with E-state index in [9.17, 15) is 70.2 Å². The lowest BCUT2D eigenvalue weighted by atomic mass is 9.98. The van der Waals surface area contributed by atoms with Gasteiger partial charge in [-0.3, -0.25) is 0 Å². The molecule has 6 unspecified atom stereocenters. The number of hydrogen-bond acceptors (Lipinski definition) is 1. The average molecular weight is 446 g/mol. The molecular weight excluding hydrogens is 440 g/mol. The van der Waals surface area contributed by atoms with E-state index >= 15 is 0 Å². The maximum atomic E-state index is 13.4. The van der Waals surface area contributed by atoms with Crippen LogP contribution in [-0.2, 0) is 4.74 Å². The van der Waals surface area contributed by atoms with Crippen molar-refractivity contribution in [1.82, 2.24) is 0 Å². The fraction of sp³-hybridized carbons (Fsp3) is 1.00. The number of halogens is 16. The normalized spacial score (nSPS) is 22.9. The summed E-state index contributed by atoms with van der Waals surface area (Å²) in [6.07, 6.45) is -45.5. The van der Waals surface area contributed by atoms with Gasteiger partial charge in [0, 0.05) is 0 Å². The number of ether oxygens (including phenoxy) is 1. The zero-order valence-corrected chi connectivity index (χ0v) is 11.9. The van der Waals surface area contributed by atoms with Gasteiger partial charge in [-0.25, -0.2) is 43.9 Å². The van der Waals surface area contributed by atoms with Crippen LogP contribution in [0.25, 0.3) is 0 Å². The van der Waals surface area contributed by atoms with Gasteiger partial charge in [-0.1, -0.05) is 0 Å². The Bertz CT molecular complexity index is 433. The fourth-order valence-corrected chi connectivity index (χ4v) is 1.46. The molecular formula is C10H6F16O. The minimum atomic E-state index is -6.62. The van der Waals surface area contributed by atoms with Gasteiger partial charge in [0.15, 0.2) is 0 Å². The summed E-state index contributed by atoms with van der Waals surface area (Å²) in [5, 5.41) is 0. The molecule has 0 aliphatic carbocycles. The summed E-state index contributed by atoms with van der Waals surface area (Å²) >= 11 is 0. The molecule has 0 saturated heterocycles. The van der Waals surface area contributed by atoms with Crippen LogP contribution in [-0.4, -0.2) is 61.6 Å². The number of hydrogen-bond donors (Lipinski definition) is 0. The van der Waals surface area contributed by atoms with Crippen molar-refractivity contribution in [2.75, 3.05) is 0 Å². The lowest BCUT2D eigenvalue weighted by molar-refractivity contribution is -0.333. The smallest absolute Gasteiger partial charge is 0.307 e. The summed E-state index contributed by atoms with van der Waals surface area (Å²) in [4.78, 5) is 0. The second-order valence-corrected chi connectivity index (χ2v) is 4.83. The Kier molecular flexibility index (Phi) is 7.72. The highest BCUT2D eigenvalue weighted by Gasteiger charge is 2.70. The predicted octanol–water partition coefficient (Wildman–Crippen LogP) is 5.34. The van der Waals surface area contributed by atoms with Crippen molar-refractivity contribution >= 4 is 0 Å². The molecule has 6 atom stereocenters. The molecule has 0 aromatic carbocycles. The molecule has 0 aromatic heterocycles. The zero-order chi connectivity index (χ0) is 22.2. The summed E-state index contributed by atoms with van der Waals surface area (Å²) in [5.41, 5.74) is -12.4. The minimum absolute atomic E-state index is 2.41.